The summed E-state index contributed by atoms with van der Waals surface area (Å²) in [5, 5.41) is 0. The molecule has 0 saturated heterocycles. The van der Waals surface area contributed by atoms with Crippen LogP contribution in [0.1, 0.15) is 80.4 Å². The zero-order valence-corrected chi connectivity index (χ0v) is 23.1. The Morgan fingerprint density at radius 1 is 0.844 bits per heavy atom. The van der Waals surface area contributed by atoms with Crippen molar-refractivity contribution in [1.82, 2.24) is 4.90 Å². The second kappa shape index (κ2) is 12.1. The van der Waals surface area contributed by atoms with Gasteiger partial charge in [-0.15, -0.1) is 5.54 Å². The van der Waals surface area contributed by atoms with E-state index in [4.69, 9.17) is 0 Å². The molecule has 0 bridgehead atoms. The third-order valence-corrected chi connectivity index (χ3v) is 12.8. The third kappa shape index (κ3) is 6.63. The molecule has 0 N–H and O–H groups in total. The van der Waals surface area contributed by atoms with E-state index in [-0.39, 0.29) is 18.0 Å². The van der Waals surface area contributed by atoms with E-state index >= 15 is 0 Å². The van der Waals surface area contributed by atoms with E-state index < -0.39 is 8.07 Å². The highest BCUT2D eigenvalue weighted by molar-refractivity contribution is 6.90. The van der Waals surface area contributed by atoms with Crippen LogP contribution in [0.25, 0.3) is 5.57 Å². The Hall–Kier alpha value is -2.23. The third-order valence-electron chi connectivity index (χ3n) is 6.47. The van der Waals surface area contributed by atoms with Crippen molar-refractivity contribution in [3.05, 3.63) is 41.5 Å². The van der Waals surface area contributed by atoms with Crippen LogP contribution in [0.3, 0.4) is 0 Å². The molecule has 0 aromatic heterocycles. The van der Waals surface area contributed by atoms with Crippen LogP contribution in [-0.4, -0.2) is 31.0 Å². The number of rotatable bonds is 7. The average Bonchev–Trinajstić information content (AvgIpc) is 2.66. The lowest BCUT2D eigenvalue weighted by atomic mass is 10.00. The van der Waals surface area contributed by atoms with Crippen molar-refractivity contribution >= 4 is 19.6 Å². The molecule has 32 heavy (non-hydrogen) atoms. The van der Waals surface area contributed by atoms with Gasteiger partial charge in [-0.3, -0.25) is 4.79 Å². The maximum Gasteiger partial charge on any atom is 0.248 e. The van der Waals surface area contributed by atoms with Gasteiger partial charge < -0.3 is 4.90 Å². The SMILES string of the molecule is Cc1ccccc1/C(C#CC#C[Si](C(C)C)(C(C)C)C(C)C)=C/C(=O)N(C(C)C)C(C)C. The molecule has 0 heterocycles. The number of carbonyl (C=O) groups excluding carboxylic acids is 1. The van der Waals surface area contributed by atoms with Crippen LogP contribution >= 0.6 is 0 Å². The fourth-order valence-corrected chi connectivity index (χ4v) is 10.2. The molecule has 0 unspecified atom stereocenters. The average molecular weight is 450 g/mol. The minimum absolute atomic E-state index is 0.00854. The molecule has 174 valence electrons. The van der Waals surface area contributed by atoms with Crippen molar-refractivity contribution < 1.29 is 4.79 Å². The minimum Gasteiger partial charge on any atom is -0.334 e. The van der Waals surface area contributed by atoms with Crippen LogP contribution in [0.5, 0.6) is 0 Å². The summed E-state index contributed by atoms with van der Waals surface area (Å²) in [6.45, 7) is 24.1. The number of aryl methyl sites for hydroxylation is 1. The van der Waals surface area contributed by atoms with Gasteiger partial charge in [0.25, 0.3) is 0 Å². The molecule has 1 aromatic rings. The number of hydrogen-bond donors (Lipinski definition) is 0. The zero-order chi connectivity index (χ0) is 24.6. The van der Waals surface area contributed by atoms with Gasteiger partial charge >= 0.3 is 0 Å². The van der Waals surface area contributed by atoms with E-state index in [2.05, 4.69) is 77.8 Å². The number of hydrogen-bond acceptors (Lipinski definition) is 1. The van der Waals surface area contributed by atoms with Crippen LogP contribution < -0.4 is 0 Å². The smallest absolute Gasteiger partial charge is 0.248 e. The molecule has 2 nitrogen and oxygen atoms in total. The summed E-state index contributed by atoms with van der Waals surface area (Å²) in [5.74, 6) is 9.57. The Kier molecular flexibility index (Phi) is 10.5. The van der Waals surface area contributed by atoms with E-state index in [1.54, 1.807) is 6.08 Å². The molecule has 1 aromatic carbocycles. The number of allylic oxidation sites excluding steroid dienone is 1. The van der Waals surface area contributed by atoms with Crippen LogP contribution in [0, 0.1) is 30.2 Å². The Morgan fingerprint density at radius 2 is 1.34 bits per heavy atom. The monoisotopic (exact) mass is 449 g/mol. The van der Waals surface area contributed by atoms with Crippen LogP contribution in [0.4, 0.5) is 0 Å². The molecular weight excluding hydrogens is 406 g/mol. The summed E-state index contributed by atoms with van der Waals surface area (Å²) in [4.78, 5) is 15.0. The Labute approximate surface area is 198 Å². The Morgan fingerprint density at radius 3 is 1.78 bits per heavy atom. The van der Waals surface area contributed by atoms with Gasteiger partial charge in [-0.2, -0.15) is 0 Å². The van der Waals surface area contributed by atoms with E-state index in [1.165, 1.54) is 0 Å². The van der Waals surface area contributed by atoms with Crippen molar-refractivity contribution in [3.8, 4) is 23.3 Å². The fraction of sp³-hybridized carbons (Fsp3) is 0.552. The Bertz CT molecular complexity index is 899. The van der Waals surface area contributed by atoms with Crippen molar-refractivity contribution in [2.24, 2.45) is 0 Å². The molecule has 1 rings (SSSR count). The van der Waals surface area contributed by atoms with Crippen molar-refractivity contribution in [1.29, 1.82) is 0 Å². The molecule has 0 saturated carbocycles. The topological polar surface area (TPSA) is 20.3 Å². The van der Waals surface area contributed by atoms with Crippen molar-refractivity contribution in [3.63, 3.8) is 0 Å². The molecular formula is C29H43NOSi. The van der Waals surface area contributed by atoms with E-state index in [9.17, 15) is 4.79 Å². The summed E-state index contributed by atoms with van der Waals surface area (Å²) in [5.41, 5.74) is 8.18. The quantitative estimate of drug-likeness (QED) is 0.244. The number of carbonyl (C=O) groups is 1. The molecule has 0 atom stereocenters. The predicted octanol–water partition coefficient (Wildman–Crippen LogP) is 7.25. The molecule has 1 amide bonds. The predicted molar refractivity (Wildman–Crippen MR) is 143 cm³/mol. The highest BCUT2D eigenvalue weighted by atomic mass is 28.3. The molecule has 0 fully saturated rings. The fourth-order valence-electron chi connectivity index (χ4n) is 5.03. The van der Waals surface area contributed by atoms with Gasteiger partial charge in [0.05, 0.1) is 0 Å². The highest BCUT2D eigenvalue weighted by Gasteiger charge is 2.41. The van der Waals surface area contributed by atoms with Gasteiger partial charge in [-0.25, -0.2) is 0 Å². The first-order valence-corrected chi connectivity index (χ1v) is 14.2. The standard InChI is InChI=1S/C29H43NOSi/c1-21(2)30(22(3)4)29(31)20-27(28-18-13-12-16-26(28)11)17-14-15-19-32(23(5)6,24(7)8)25(9)10/h12-13,16,18,20-25H,1-11H3/b27-20+. The van der Waals surface area contributed by atoms with E-state index in [0.717, 1.165) is 16.7 Å². The maximum absolute atomic E-state index is 13.1. The van der Waals surface area contributed by atoms with Crippen LogP contribution in [0.2, 0.25) is 16.6 Å². The van der Waals surface area contributed by atoms with Gasteiger partial charge in [-0.1, -0.05) is 71.7 Å². The van der Waals surface area contributed by atoms with Gasteiger partial charge in [-0.05, 0) is 74.2 Å². The first kappa shape index (κ1) is 27.8. The van der Waals surface area contributed by atoms with E-state index in [0.29, 0.717) is 16.6 Å². The molecule has 0 radical (unpaired) electrons. The lowest BCUT2D eigenvalue weighted by Crippen LogP contribution is -2.43. The first-order chi connectivity index (χ1) is 14.9. The normalized spacial score (nSPS) is 12.2. The van der Waals surface area contributed by atoms with Gasteiger partial charge in [0.1, 0.15) is 8.07 Å². The lowest BCUT2D eigenvalue weighted by Gasteiger charge is -2.37. The number of nitrogens with zero attached hydrogens (tertiary/aromatic N) is 1. The summed E-state index contributed by atoms with van der Waals surface area (Å²) >= 11 is 0. The van der Waals surface area contributed by atoms with Gasteiger partial charge in [0.15, 0.2) is 0 Å². The van der Waals surface area contributed by atoms with Crippen molar-refractivity contribution in [2.75, 3.05) is 0 Å². The van der Waals surface area contributed by atoms with E-state index in [1.807, 2.05) is 50.8 Å². The minimum atomic E-state index is -1.83. The summed E-state index contributed by atoms with van der Waals surface area (Å²) in [6, 6.07) is 8.33. The van der Waals surface area contributed by atoms with Crippen LogP contribution in [0.15, 0.2) is 30.3 Å². The van der Waals surface area contributed by atoms with Crippen LogP contribution in [-0.2, 0) is 4.79 Å². The van der Waals surface area contributed by atoms with Gasteiger partial charge in [0, 0.05) is 23.7 Å². The molecule has 0 spiro atoms. The number of amides is 1. The summed E-state index contributed by atoms with van der Waals surface area (Å²) < 4.78 is 0. The second-order valence-electron chi connectivity index (χ2n) is 10.2. The lowest BCUT2D eigenvalue weighted by molar-refractivity contribution is -0.129. The maximum atomic E-state index is 13.1. The Balaban J connectivity index is 3.54. The van der Waals surface area contributed by atoms with Crippen molar-refractivity contribution in [2.45, 2.75) is 105 Å². The van der Waals surface area contributed by atoms with Gasteiger partial charge in [0.2, 0.25) is 5.91 Å². The summed E-state index contributed by atoms with van der Waals surface area (Å²) in [7, 11) is -1.83. The second-order valence-corrected chi connectivity index (χ2v) is 15.8. The molecule has 3 heteroatoms. The summed E-state index contributed by atoms with van der Waals surface area (Å²) in [6.07, 6.45) is 1.69. The molecule has 0 aliphatic rings. The molecule has 0 aliphatic heterocycles. The highest BCUT2D eigenvalue weighted by Crippen LogP contribution is 2.40. The largest absolute Gasteiger partial charge is 0.334 e. The zero-order valence-electron chi connectivity index (χ0n) is 22.1. The first-order valence-electron chi connectivity index (χ1n) is 12.0. The molecule has 0 aliphatic carbocycles. The number of benzene rings is 1.